The van der Waals surface area contributed by atoms with Gasteiger partial charge in [-0.1, -0.05) is 0 Å². The number of hydrogen-bond donors (Lipinski definition) is 1. The van der Waals surface area contributed by atoms with Crippen LogP contribution < -0.4 is 0 Å². The van der Waals surface area contributed by atoms with E-state index in [1.54, 1.807) is 11.3 Å². The third-order valence-electron chi connectivity index (χ3n) is 3.45. The summed E-state index contributed by atoms with van der Waals surface area (Å²) in [6.07, 6.45) is 4.42. The van der Waals surface area contributed by atoms with Crippen LogP contribution in [-0.2, 0) is 6.54 Å². The van der Waals surface area contributed by atoms with E-state index in [0.717, 1.165) is 13.1 Å². The second-order valence-electron chi connectivity index (χ2n) is 4.72. The van der Waals surface area contributed by atoms with Gasteiger partial charge in [0.05, 0.1) is 0 Å². The Hall–Kier alpha value is -1.13. The normalized spacial score (nSPS) is 21.8. The van der Waals surface area contributed by atoms with Gasteiger partial charge in [-0.3, -0.25) is 10.00 Å². The smallest absolute Gasteiger partial charge is 0.0490 e. The molecule has 1 fully saturated rings. The minimum atomic E-state index is 0.630. The molecule has 0 aromatic carbocycles. The highest BCUT2D eigenvalue weighted by Gasteiger charge is 2.22. The maximum atomic E-state index is 4.06. The van der Waals surface area contributed by atoms with Crippen LogP contribution in [-0.4, -0.2) is 28.2 Å². The summed E-state index contributed by atoms with van der Waals surface area (Å²) in [5.74, 6) is 0.630. The Morgan fingerprint density at radius 3 is 3.24 bits per heavy atom. The van der Waals surface area contributed by atoms with Gasteiger partial charge in [0, 0.05) is 30.9 Å². The molecular weight excluding hydrogens is 230 g/mol. The molecule has 0 radical (unpaired) electrons. The third kappa shape index (κ3) is 2.58. The van der Waals surface area contributed by atoms with Gasteiger partial charge in [0.1, 0.15) is 0 Å². The lowest BCUT2D eigenvalue weighted by molar-refractivity contribution is 0.198. The van der Waals surface area contributed by atoms with Gasteiger partial charge in [0.2, 0.25) is 0 Å². The number of H-pyrrole nitrogens is 1. The number of rotatable bonds is 3. The molecule has 1 unspecified atom stereocenters. The molecule has 3 heterocycles. The van der Waals surface area contributed by atoms with Crippen LogP contribution in [0.1, 0.15) is 30.0 Å². The molecule has 1 N–H and O–H groups in total. The zero-order valence-corrected chi connectivity index (χ0v) is 10.6. The fourth-order valence-electron chi connectivity index (χ4n) is 2.59. The van der Waals surface area contributed by atoms with Gasteiger partial charge in [-0.05, 0) is 47.8 Å². The molecule has 2 aromatic heterocycles. The van der Waals surface area contributed by atoms with Gasteiger partial charge in [0.25, 0.3) is 0 Å². The molecule has 90 valence electrons. The molecule has 3 nitrogen and oxygen atoms in total. The average molecular weight is 247 g/mol. The zero-order valence-electron chi connectivity index (χ0n) is 9.80. The summed E-state index contributed by atoms with van der Waals surface area (Å²) in [5.41, 5.74) is 2.74. The van der Waals surface area contributed by atoms with E-state index in [1.807, 2.05) is 6.20 Å². The summed E-state index contributed by atoms with van der Waals surface area (Å²) in [7, 11) is 0. The summed E-state index contributed by atoms with van der Waals surface area (Å²) < 4.78 is 0. The van der Waals surface area contributed by atoms with Crippen molar-refractivity contribution in [1.29, 1.82) is 0 Å². The van der Waals surface area contributed by atoms with Gasteiger partial charge in [0.15, 0.2) is 0 Å². The fourth-order valence-corrected chi connectivity index (χ4v) is 3.25. The molecule has 0 amide bonds. The molecule has 4 heteroatoms. The molecular formula is C13H17N3S. The second-order valence-corrected chi connectivity index (χ2v) is 5.50. The zero-order chi connectivity index (χ0) is 11.5. The van der Waals surface area contributed by atoms with E-state index in [9.17, 15) is 0 Å². The van der Waals surface area contributed by atoms with Crippen LogP contribution in [0.25, 0.3) is 0 Å². The van der Waals surface area contributed by atoms with E-state index in [1.165, 1.54) is 30.6 Å². The maximum Gasteiger partial charge on any atom is 0.0490 e. The van der Waals surface area contributed by atoms with Gasteiger partial charge in [-0.2, -0.15) is 16.4 Å². The molecule has 1 atom stereocenters. The van der Waals surface area contributed by atoms with Crippen molar-refractivity contribution in [3.63, 3.8) is 0 Å². The fraction of sp³-hybridized carbons (Fsp3) is 0.462. The Labute approximate surface area is 105 Å². The van der Waals surface area contributed by atoms with Crippen molar-refractivity contribution in [1.82, 2.24) is 15.1 Å². The molecule has 1 aliphatic heterocycles. The van der Waals surface area contributed by atoms with Crippen molar-refractivity contribution >= 4 is 11.3 Å². The maximum absolute atomic E-state index is 4.06. The minimum Gasteiger partial charge on any atom is -0.298 e. The highest BCUT2D eigenvalue weighted by Crippen LogP contribution is 2.26. The van der Waals surface area contributed by atoms with Crippen LogP contribution in [0.15, 0.2) is 29.1 Å². The molecule has 3 rings (SSSR count). The molecule has 17 heavy (non-hydrogen) atoms. The number of aromatic nitrogens is 2. The van der Waals surface area contributed by atoms with E-state index in [2.05, 4.69) is 38.0 Å². The number of hydrogen-bond acceptors (Lipinski definition) is 3. The quantitative estimate of drug-likeness (QED) is 0.904. The summed E-state index contributed by atoms with van der Waals surface area (Å²) >= 11 is 1.78. The molecule has 0 bridgehead atoms. The largest absolute Gasteiger partial charge is 0.298 e. The van der Waals surface area contributed by atoms with Crippen molar-refractivity contribution < 1.29 is 0 Å². The Kier molecular flexibility index (Phi) is 3.25. The number of thiophene rings is 1. The SMILES string of the molecule is c1cc(C2CCCN(Cc3ccsc3)C2)[nH]n1. The lowest BCUT2D eigenvalue weighted by Crippen LogP contribution is -2.33. The van der Waals surface area contributed by atoms with E-state index >= 15 is 0 Å². The summed E-state index contributed by atoms with van der Waals surface area (Å²) in [6.45, 7) is 3.46. The Bertz CT molecular complexity index is 435. The minimum absolute atomic E-state index is 0.630. The van der Waals surface area contributed by atoms with E-state index in [-0.39, 0.29) is 0 Å². The lowest BCUT2D eigenvalue weighted by atomic mass is 9.95. The van der Waals surface area contributed by atoms with Crippen molar-refractivity contribution in [2.75, 3.05) is 13.1 Å². The highest BCUT2D eigenvalue weighted by atomic mass is 32.1. The van der Waals surface area contributed by atoms with E-state index in [0.29, 0.717) is 5.92 Å². The van der Waals surface area contributed by atoms with Crippen molar-refractivity contribution in [2.24, 2.45) is 0 Å². The number of likely N-dealkylation sites (tertiary alicyclic amines) is 1. The predicted octanol–water partition coefficient (Wildman–Crippen LogP) is 2.85. The average Bonchev–Trinajstić information content (AvgIpc) is 3.01. The Morgan fingerprint density at radius 1 is 1.47 bits per heavy atom. The molecule has 0 saturated carbocycles. The summed E-state index contributed by atoms with van der Waals surface area (Å²) in [4.78, 5) is 2.55. The highest BCUT2D eigenvalue weighted by molar-refractivity contribution is 7.07. The van der Waals surface area contributed by atoms with E-state index in [4.69, 9.17) is 0 Å². The third-order valence-corrected chi connectivity index (χ3v) is 4.19. The van der Waals surface area contributed by atoms with Gasteiger partial charge in [-0.25, -0.2) is 0 Å². The van der Waals surface area contributed by atoms with Crippen LogP contribution in [0, 0.1) is 0 Å². The first-order valence-electron chi connectivity index (χ1n) is 6.14. The predicted molar refractivity (Wildman–Crippen MR) is 70.2 cm³/mol. The number of aromatic amines is 1. The second kappa shape index (κ2) is 5.02. The Morgan fingerprint density at radius 2 is 2.47 bits per heavy atom. The first-order valence-corrected chi connectivity index (χ1v) is 7.09. The van der Waals surface area contributed by atoms with Crippen molar-refractivity contribution in [3.05, 3.63) is 40.3 Å². The van der Waals surface area contributed by atoms with Crippen LogP contribution >= 0.6 is 11.3 Å². The summed E-state index contributed by atoms with van der Waals surface area (Å²) in [6, 6.07) is 4.34. The lowest BCUT2D eigenvalue weighted by Gasteiger charge is -2.31. The molecule has 0 spiro atoms. The number of nitrogens with one attached hydrogen (secondary N) is 1. The Balaban J connectivity index is 1.64. The van der Waals surface area contributed by atoms with Crippen LogP contribution in [0.3, 0.4) is 0 Å². The first-order chi connectivity index (χ1) is 8.42. The molecule has 1 saturated heterocycles. The monoisotopic (exact) mass is 247 g/mol. The van der Waals surface area contributed by atoms with Crippen LogP contribution in [0.2, 0.25) is 0 Å². The number of nitrogens with zero attached hydrogens (tertiary/aromatic N) is 2. The number of piperidine rings is 1. The summed E-state index contributed by atoms with van der Waals surface area (Å²) in [5, 5.41) is 11.6. The van der Waals surface area contributed by atoms with Crippen LogP contribution in [0.4, 0.5) is 0 Å². The molecule has 2 aromatic rings. The van der Waals surface area contributed by atoms with Crippen molar-refractivity contribution in [3.8, 4) is 0 Å². The van der Waals surface area contributed by atoms with Crippen LogP contribution in [0.5, 0.6) is 0 Å². The molecule has 0 aliphatic carbocycles. The first kappa shape index (κ1) is 11.0. The van der Waals surface area contributed by atoms with Gasteiger partial charge >= 0.3 is 0 Å². The van der Waals surface area contributed by atoms with Gasteiger partial charge < -0.3 is 0 Å². The van der Waals surface area contributed by atoms with Gasteiger partial charge in [-0.15, -0.1) is 0 Å². The van der Waals surface area contributed by atoms with E-state index < -0.39 is 0 Å². The topological polar surface area (TPSA) is 31.9 Å². The molecule has 1 aliphatic rings. The standard InChI is InChI=1S/C13H17N3S/c1-2-12(13-3-5-14-15-13)9-16(6-1)8-11-4-7-17-10-11/h3-5,7,10,12H,1-2,6,8-9H2,(H,14,15). The van der Waals surface area contributed by atoms with Crippen molar-refractivity contribution in [2.45, 2.75) is 25.3 Å².